The number of halogens is 3. The Hall–Kier alpha value is -2.97. The van der Waals surface area contributed by atoms with E-state index in [9.17, 15) is 28.6 Å². The molecule has 0 aliphatic carbocycles. The molecule has 1 fully saturated rings. The predicted molar refractivity (Wildman–Crippen MR) is 123 cm³/mol. The third-order valence-electron chi connectivity index (χ3n) is 4.93. The Balaban J connectivity index is 1.66. The maximum atomic E-state index is 14.0. The quantitative estimate of drug-likeness (QED) is 0.277. The van der Waals surface area contributed by atoms with Crippen molar-refractivity contribution in [1.82, 2.24) is 14.6 Å². The van der Waals surface area contributed by atoms with Gasteiger partial charge >= 0.3 is 0 Å². The number of carbonyl (C=O) groups is 2. The van der Waals surface area contributed by atoms with Gasteiger partial charge in [0.15, 0.2) is 0 Å². The summed E-state index contributed by atoms with van der Waals surface area (Å²) in [5.74, 6) is -3.39. The number of hydrogen-bond donors (Lipinski definition) is 5. The molecule has 10 nitrogen and oxygen atoms in total. The summed E-state index contributed by atoms with van der Waals surface area (Å²) in [5, 5.41) is 25.0. The van der Waals surface area contributed by atoms with E-state index in [1.54, 1.807) is 4.90 Å². The molecular formula is C20H22BrF2N5O5S. The smallest absolute Gasteiger partial charge is 0.257 e. The summed E-state index contributed by atoms with van der Waals surface area (Å²) in [7, 11) is 0. The molecule has 1 aromatic heterocycles. The van der Waals surface area contributed by atoms with E-state index in [2.05, 4.69) is 30.9 Å². The number of aliphatic hydroxyl groups excluding tert-OH is 2. The van der Waals surface area contributed by atoms with Crippen LogP contribution in [0.3, 0.4) is 0 Å². The van der Waals surface area contributed by atoms with Crippen molar-refractivity contribution in [2.24, 2.45) is 5.73 Å². The molecule has 1 atom stereocenters. The second kappa shape index (κ2) is 11.4. The van der Waals surface area contributed by atoms with Gasteiger partial charge in [-0.2, -0.15) is 4.37 Å². The molecule has 2 heterocycles. The Labute approximate surface area is 205 Å². The van der Waals surface area contributed by atoms with Crippen LogP contribution in [-0.4, -0.2) is 57.0 Å². The van der Waals surface area contributed by atoms with Crippen LogP contribution in [0.1, 0.15) is 28.8 Å². The summed E-state index contributed by atoms with van der Waals surface area (Å²) in [6.45, 7) is 0.387. The largest absolute Gasteiger partial charge is 0.512 e. The fourth-order valence-electron chi connectivity index (χ4n) is 3.21. The fraction of sp³-hybridized carbons (Fsp3) is 0.350. The van der Waals surface area contributed by atoms with E-state index in [1.165, 1.54) is 0 Å². The summed E-state index contributed by atoms with van der Waals surface area (Å²) in [5.41, 5.74) is 4.84. The molecule has 2 amide bonds. The van der Waals surface area contributed by atoms with Gasteiger partial charge in [0.1, 0.15) is 47.0 Å². The molecule has 0 spiro atoms. The third kappa shape index (κ3) is 6.12. The maximum absolute atomic E-state index is 14.0. The monoisotopic (exact) mass is 561 g/mol. The van der Waals surface area contributed by atoms with Crippen LogP contribution >= 0.6 is 27.5 Å². The number of nitrogens with two attached hydrogens (primary N) is 1. The normalized spacial score (nSPS) is 14.7. The van der Waals surface area contributed by atoms with Gasteiger partial charge in [-0.05, 0) is 36.5 Å². The molecule has 3 rings (SSSR count). The van der Waals surface area contributed by atoms with E-state index in [1.807, 2.05) is 0 Å². The minimum absolute atomic E-state index is 0.0593. The second-order valence-electron chi connectivity index (χ2n) is 7.29. The number of carbonyl (C=O) groups excluding carboxylic acids is 2. The van der Waals surface area contributed by atoms with Crippen LogP contribution in [0.2, 0.25) is 0 Å². The number of nitrogens with one attached hydrogen (secondary N) is 2. The number of hydrogen-bond acceptors (Lipinski definition) is 9. The van der Waals surface area contributed by atoms with E-state index >= 15 is 0 Å². The topological polar surface area (TPSA) is 150 Å². The molecular weight excluding hydrogens is 540 g/mol. The zero-order valence-electron chi connectivity index (χ0n) is 17.7. The lowest BCUT2D eigenvalue weighted by atomic mass is 10.2. The Morgan fingerprint density at radius 2 is 1.97 bits per heavy atom. The molecule has 0 saturated carbocycles. The summed E-state index contributed by atoms with van der Waals surface area (Å²) < 4.78 is 37.6. The highest BCUT2D eigenvalue weighted by atomic mass is 79.9. The zero-order valence-corrected chi connectivity index (χ0v) is 20.1. The average molecular weight is 562 g/mol. The van der Waals surface area contributed by atoms with Crippen LogP contribution in [0.25, 0.3) is 0 Å². The lowest BCUT2D eigenvalue weighted by molar-refractivity contribution is -0.138. The van der Waals surface area contributed by atoms with E-state index in [-0.39, 0.29) is 38.8 Å². The first-order chi connectivity index (χ1) is 16.2. The zero-order chi connectivity index (χ0) is 24.8. The van der Waals surface area contributed by atoms with Gasteiger partial charge in [-0.3, -0.25) is 9.59 Å². The number of nitrogens with zero attached hydrogens (tertiary/aromatic N) is 2. The van der Waals surface area contributed by atoms with Gasteiger partial charge in [0.2, 0.25) is 5.88 Å². The van der Waals surface area contributed by atoms with Crippen molar-refractivity contribution in [3.63, 3.8) is 0 Å². The van der Waals surface area contributed by atoms with Gasteiger partial charge in [-0.15, -0.1) is 0 Å². The molecule has 1 unspecified atom stereocenters. The van der Waals surface area contributed by atoms with Crippen LogP contribution < -0.4 is 21.1 Å². The van der Waals surface area contributed by atoms with Gasteiger partial charge in [-0.1, -0.05) is 15.9 Å². The first kappa shape index (κ1) is 25.6. The fourth-order valence-corrected chi connectivity index (χ4v) is 4.37. The minimum atomic E-state index is -1.35. The Morgan fingerprint density at radius 3 is 2.56 bits per heavy atom. The number of benzene rings is 1. The standard InChI is InChI=1S/C20H22BrF2N5O5S/c21-10-5-12(22)11(13(23)6-10)9-33-18-16(17(24)31)19(34-27-18)26-15(8-29)25-7-14(30)20(32)28-3-1-2-4-28/h5-6,8,14,25-26,29-30H,1-4,7,9H2,(H2,24,31). The van der Waals surface area contributed by atoms with Crippen LogP contribution in [0.5, 0.6) is 5.88 Å². The third-order valence-corrected chi connectivity index (χ3v) is 6.14. The second-order valence-corrected chi connectivity index (χ2v) is 8.98. The maximum Gasteiger partial charge on any atom is 0.257 e. The molecule has 1 saturated heterocycles. The molecule has 0 bridgehead atoms. The van der Waals surface area contributed by atoms with E-state index in [4.69, 9.17) is 10.5 Å². The van der Waals surface area contributed by atoms with Gasteiger partial charge in [0, 0.05) is 17.6 Å². The first-order valence-corrected chi connectivity index (χ1v) is 11.7. The number of likely N-dealkylation sites (tertiary alicyclic amines) is 1. The molecule has 1 aromatic carbocycles. The van der Waals surface area contributed by atoms with Crippen molar-refractivity contribution in [3.8, 4) is 5.88 Å². The van der Waals surface area contributed by atoms with Gasteiger partial charge in [0.05, 0.1) is 12.1 Å². The molecule has 0 radical (unpaired) electrons. The number of primary amides is 1. The number of amides is 2. The van der Waals surface area contributed by atoms with Crippen LogP contribution in [-0.2, 0) is 11.4 Å². The molecule has 34 heavy (non-hydrogen) atoms. The summed E-state index contributed by atoms with van der Waals surface area (Å²) in [4.78, 5) is 25.7. The molecule has 2 aromatic rings. The highest BCUT2D eigenvalue weighted by molar-refractivity contribution is 9.10. The highest BCUT2D eigenvalue weighted by Gasteiger charge is 2.26. The van der Waals surface area contributed by atoms with Crippen LogP contribution in [0.4, 0.5) is 13.8 Å². The van der Waals surface area contributed by atoms with E-state index < -0.39 is 36.2 Å². The van der Waals surface area contributed by atoms with Crippen molar-refractivity contribution in [2.45, 2.75) is 25.6 Å². The number of ether oxygens (including phenoxy) is 1. The summed E-state index contributed by atoms with van der Waals surface area (Å²) >= 11 is 3.73. The SMILES string of the molecule is NC(=O)c1c(OCc2c(F)cc(Br)cc2F)nsc1NC(=CO)NCC(O)C(=O)N1CCCC1. The van der Waals surface area contributed by atoms with E-state index in [0.29, 0.717) is 19.4 Å². The molecule has 1 aliphatic heterocycles. The van der Waals surface area contributed by atoms with Crippen molar-refractivity contribution >= 4 is 44.3 Å². The lowest BCUT2D eigenvalue weighted by Crippen LogP contribution is -2.43. The number of aliphatic hydroxyl groups is 2. The van der Waals surface area contributed by atoms with Crippen molar-refractivity contribution in [2.75, 3.05) is 25.0 Å². The summed E-state index contributed by atoms with van der Waals surface area (Å²) in [6.07, 6.45) is 1.04. The van der Waals surface area contributed by atoms with Gasteiger partial charge < -0.3 is 36.2 Å². The van der Waals surface area contributed by atoms with Crippen molar-refractivity contribution in [1.29, 1.82) is 0 Å². The Bertz CT molecular complexity index is 1070. The number of aromatic nitrogens is 1. The molecule has 6 N–H and O–H groups in total. The molecule has 184 valence electrons. The van der Waals surface area contributed by atoms with Gasteiger partial charge in [-0.25, -0.2) is 8.78 Å². The number of rotatable bonds is 10. The predicted octanol–water partition coefficient (Wildman–Crippen LogP) is 2.20. The van der Waals surface area contributed by atoms with E-state index in [0.717, 1.165) is 36.5 Å². The lowest BCUT2D eigenvalue weighted by Gasteiger charge is -2.20. The van der Waals surface area contributed by atoms with Crippen LogP contribution in [0, 0.1) is 11.6 Å². The molecule has 1 aliphatic rings. The van der Waals surface area contributed by atoms with Crippen molar-refractivity contribution in [3.05, 3.63) is 51.4 Å². The summed E-state index contributed by atoms with van der Waals surface area (Å²) in [6, 6.07) is 2.13. The number of anilines is 1. The van der Waals surface area contributed by atoms with Gasteiger partial charge in [0.25, 0.3) is 11.8 Å². The minimum Gasteiger partial charge on any atom is -0.512 e. The van der Waals surface area contributed by atoms with Crippen LogP contribution in [0.15, 0.2) is 28.7 Å². The molecule has 14 heteroatoms. The Kier molecular flexibility index (Phi) is 8.63. The Morgan fingerprint density at radius 1 is 1.32 bits per heavy atom. The average Bonchev–Trinajstić information content (AvgIpc) is 3.45. The first-order valence-electron chi connectivity index (χ1n) is 10.1. The highest BCUT2D eigenvalue weighted by Crippen LogP contribution is 2.32. The van der Waals surface area contributed by atoms with Crippen molar-refractivity contribution < 1.29 is 33.3 Å².